The van der Waals surface area contributed by atoms with Crippen molar-refractivity contribution in [3.05, 3.63) is 29.3 Å². The molecule has 128 valence electrons. The second kappa shape index (κ2) is 5.38. The summed E-state index contributed by atoms with van der Waals surface area (Å²) < 4.78 is 5.46. The van der Waals surface area contributed by atoms with Crippen LogP contribution in [0.4, 0.5) is 0 Å². The van der Waals surface area contributed by atoms with Crippen molar-refractivity contribution < 1.29 is 14.3 Å². The highest BCUT2D eigenvalue weighted by Gasteiger charge is 2.69. The molecule has 0 aromatic heterocycles. The van der Waals surface area contributed by atoms with Crippen LogP contribution in [-0.2, 0) is 9.59 Å². The molecule has 4 aliphatic carbocycles. The number of ether oxygens (including phenoxy) is 1. The largest absolute Gasteiger partial charge is 0.484 e. The number of amides is 2. The molecule has 4 saturated carbocycles. The zero-order valence-corrected chi connectivity index (χ0v) is 14.4. The van der Waals surface area contributed by atoms with E-state index >= 15 is 0 Å². The maximum atomic E-state index is 12.1. The topological polar surface area (TPSA) is 67.4 Å². The van der Waals surface area contributed by atoms with Gasteiger partial charge in [0.2, 0.25) is 5.91 Å². The molecule has 4 aliphatic rings. The Hall–Kier alpha value is -1.75. The van der Waals surface area contributed by atoms with Crippen LogP contribution in [0.5, 0.6) is 5.75 Å². The molecule has 1 aromatic carbocycles. The van der Waals surface area contributed by atoms with E-state index in [0.29, 0.717) is 16.7 Å². The van der Waals surface area contributed by atoms with Crippen molar-refractivity contribution in [3.8, 4) is 5.75 Å². The number of hydrogen-bond donors (Lipinski definition) is 2. The molecular formula is C18H21ClN2O3. The Morgan fingerprint density at radius 2 is 1.75 bits per heavy atom. The summed E-state index contributed by atoms with van der Waals surface area (Å²) in [5, 5.41) is 6.86. The van der Waals surface area contributed by atoms with Crippen LogP contribution in [0.25, 0.3) is 0 Å². The summed E-state index contributed by atoms with van der Waals surface area (Å²) in [6, 6.07) is 6.92. The minimum absolute atomic E-state index is 0.0116. The molecule has 2 unspecified atom stereocenters. The second-order valence-electron chi connectivity index (χ2n) is 7.69. The van der Waals surface area contributed by atoms with Gasteiger partial charge in [0, 0.05) is 22.0 Å². The molecule has 2 N–H and O–H groups in total. The SMILES string of the molecule is CC1CC1C(=O)NC12CC(NC(=O)COc3ccc(Cl)cc3)(C1)C2. The molecular weight excluding hydrogens is 328 g/mol. The van der Waals surface area contributed by atoms with Gasteiger partial charge in [-0.2, -0.15) is 0 Å². The molecule has 6 heteroatoms. The standard InChI is InChI=1S/C18H21ClN2O3/c1-11-6-14(11)16(23)21-18-8-17(9-18,10-18)20-15(22)7-24-13-4-2-12(19)3-5-13/h2-5,11,14H,6-10H2,1H3,(H,20,22)(H,21,23). The smallest absolute Gasteiger partial charge is 0.258 e. The Kier molecular flexibility index (Phi) is 3.53. The second-order valence-corrected chi connectivity index (χ2v) is 8.13. The highest BCUT2D eigenvalue weighted by Crippen LogP contribution is 2.60. The Labute approximate surface area is 146 Å². The van der Waals surface area contributed by atoms with Crippen molar-refractivity contribution in [1.29, 1.82) is 0 Å². The molecule has 0 radical (unpaired) electrons. The third kappa shape index (κ3) is 2.86. The lowest BCUT2D eigenvalue weighted by Gasteiger charge is -2.70. The molecule has 4 fully saturated rings. The fourth-order valence-corrected chi connectivity index (χ4v) is 4.23. The molecule has 0 aliphatic heterocycles. The molecule has 2 atom stereocenters. The lowest BCUT2D eigenvalue weighted by Crippen LogP contribution is -2.84. The van der Waals surface area contributed by atoms with Gasteiger partial charge in [0.15, 0.2) is 6.61 Å². The summed E-state index contributed by atoms with van der Waals surface area (Å²) in [6.45, 7) is 2.09. The molecule has 2 amide bonds. The zero-order valence-electron chi connectivity index (χ0n) is 13.6. The number of carbonyl (C=O) groups excluding carboxylic acids is 2. The maximum absolute atomic E-state index is 12.1. The van der Waals surface area contributed by atoms with E-state index < -0.39 is 0 Å². The third-order valence-corrected chi connectivity index (χ3v) is 5.71. The summed E-state index contributed by atoms with van der Waals surface area (Å²) in [4.78, 5) is 24.1. The number of rotatable bonds is 6. The summed E-state index contributed by atoms with van der Waals surface area (Å²) in [5.74, 6) is 1.41. The summed E-state index contributed by atoms with van der Waals surface area (Å²) >= 11 is 5.81. The van der Waals surface area contributed by atoms with Crippen LogP contribution >= 0.6 is 11.6 Å². The van der Waals surface area contributed by atoms with Gasteiger partial charge < -0.3 is 15.4 Å². The van der Waals surface area contributed by atoms with Crippen LogP contribution in [0.1, 0.15) is 32.6 Å². The molecule has 2 bridgehead atoms. The van der Waals surface area contributed by atoms with Crippen molar-refractivity contribution in [3.63, 3.8) is 0 Å². The van der Waals surface area contributed by atoms with Gasteiger partial charge in [0.05, 0.1) is 0 Å². The first kappa shape index (κ1) is 15.8. The van der Waals surface area contributed by atoms with Gasteiger partial charge in [-0.05, 0) is 55.9 Å². The van der Waals surface area contributed by atoms with Crippen LogP contribution in [0, 0.1) is 11.8 Å². The van der Waals surface area contributed by atoms with Crippen molar-refractivity contribution in [1.82, 2.24) is 10.6 Å². The highest BCUT2D eigenvalue weighted by molar-refractivity contribution is 6.30. The van der Waals surface area contributed by atoms with Crippen molar-refractivity contribution in [2.24, 2.45) is 11.8 Å². The maximum Gasteiger partial charge on any atom is 0.258 e. The van der Waals surface area contributed by atoms with E-state index in [4.69, 9.17) is 16.3 Å². The first-order chi connectivity index (χ1) is 11.4. The average molecular weight is 349 g/mol. The van der Waals surface area contributed by atoms with Crippen molar-refractivity contribution in [2.75, 3.05) is 6.61 Å². The number of nitrogens with one attached hydrogen (secondary N) is 2. The first-order valence-electron chi connectivity index (χ1n) is 8.40. The number of hydrogen-bond acceptors (Lipinski definition) is 3. The van der Waals surface area contributed by atoms with E-state index in [-0.39, 0.29) is 35.4 Å². The lowest BCUT2D eigenvalue weighted by molar-refractivity contribution is -0.151. The van der Waals surface area contributed by atoms with E-state index in [2.05, 4.69) is 17.6 Å². The zero-order chi connectivity index (χ0) is 16.9. The van der Waals surface area contributed by atoms with Crippen molar-refractivity contribution >= 4 is 23.4 Å². The van der Waals surface area contributed by atoms with Crippen molar-refractivity contribution in [2.45, 2.75) is 43.7 Å². The van der Waals surface area contributed by atoms with Crippen LogP contribution in [0.15, 0.2) is 24.3 Å². The Balaban J connectivity index is 1.20. The van der Waals surface area contributed by atoms with Crippen LogP contribution < -0.4 is 15.4 Å². The fraction of sp³-hybridized carbons (Fsp3) is 0.556. The van der Waals surface area contributed by atoms with Crippen LogP contribution in [-0.4, -0.2) is 29.5 Å². The summed E-state index contributed by atoms with van der Waals surface area (Å²) in [5.41, 5.74) is -0.202. The quantitative estimate of drug-likeness (QED) is 0.828. The number of benzene rings is 1. The van der Waals surface area contributed by atoms with Gasteiger partial charge in [-0.3, -0.25) is 9.59 Å². The predicted octanol–water partition coefficient (Wildman–Crippen LogP) is 2.28. The lowest BCUT2D eigenvalue weighted by atomic mass is 9.44. The molecule has 5 nitrogen and oxygen atoms in total. The van der Waals surface area contributed by atoms with Crippen LogP contribution in [0.2, 0.25) is 5.02 Å². The fourth-order valence-electron chi connectivity index (χ4n) is 4.11. The molecule has 0 heterocycles. The molecule has 24 heavy (non-hydrogen) atoms. The minimum atomic E-state index is -0.136. The normalized spacial score (nSPS) is 35.2. The van der Waals surface area contributed by atoms with Gasteiger partial charge in [-0.1, -0.05) is 18.5 Å². The van der Waals surface area contributed by atoms with E-state index in [1.165, 1.54) is 0 Å². The predicted molar refractivity (Wildman–Crippen MR) is 89.8 cm³/mol. The molecule has 5 rings (SSSR count). The van der Waals surface area contributed by atoms with E-state index in [1.807, 2.05) is 0 Å². The van der Waals surface area contributed by atoms with E-state index in [1.54, 1.807) is 24.3 Å². The average Bonchev–Trinajstić information content (AvgIpc) is 3.20. The number of carbonyl (C=O) groups is 2. The molecule has 1 aromatic rings. The van der Waals surface area contributed by atoms with E-state index in [0.717, 1.165) is 25.7 Å². The molecule has 0 saturated heterocycles. The summed E-state index contributed by atoms with van der Waals surface area (Å²) in [7, 11) is 0. The van der Waals surface area contributed by atoms with Crippen LogP contribution in [0.3, 0.4) is 0 Å². The van der Waals surface area contributed by atoms with Gasteiger partial charge in [-0.15, -0.1) is 0 Å². The molecule has 0 spiro atoms. The van der Waals surface area contributed by atoms with Gasteiger partial charge in [0.1, 0.15) is 5.75 Å². The van der Waals surface area contributed by atoms with Gasteiger partial charge >= 0.3 is 0 Å². The summed E-state index contributed by atoms with van der Waals surface area (Å²) in [6.07, 6.45) is 3.50. The third-order valence-electron chi connectivity index (χ3n) is 5.45. The van der Waals surface area contributed by atoms with Gasteiger partial charge in [0.25, 0.3) is 5.91 Å². The Morgan fingerprint density at radius 1 is 1.17 bits per heavy atom. The van der Waals surface area contributed by atoms with E-state index in [9.17, 15) is 9.59 Å². The number of halogens is 1. The monoisotopic (exact) mass is 348 g/mol. The highest BCUT2D eigenvalue weighted by atomic mass is 35.5. The Morgan fingerprint density at radius 3 is 2.33 bits per heavy atom. The van der Waals surface area contributed by atoms with Gasteiger partial charge in [-0.25, -0.2) is 0 Å². The first-order valence-corrected chi connectivity index (χ1v) is 8.78. The minimum Gasteiger partial charge on any atom is -0.484 e. The Bertz CT molecular complexity index is 668.